The third-order valence-electron chi connectivity index (χ3n) is 5.39. The van der Waals surface area contributed by atoms with Crippen molar-refractivity contribution >= 4 is 23.2 Å². The monoisotopic (exact) mass is 355 g/mol. The van der Waals surface area contributed by atoms with Gasteiger partial charge in [0.2, 0.25) is 0 Å². The predicted molar refractivity (Wildman–Crippen MR) is 101 cm³/mol. The van der Waals surface area contributed by atoms with E-state index in [9.17, 15) is 4.79 Å². The molecule has 0 saturated carbocycles. The molecular formula is C20H22ClN3O. The van der Waals surface area contributed by atoms with Gasteiger partial charge in [0.25, 0.3) is 5.91 Å². The Morgan fingerprint density at radius 2 is 1.76 bits per heavy atom. The summed E-state index contributed by atoms with van der Waals surface area (Å²) in [5.41, 5.74) is 2.31. The maximum absolute atomic E-state index is 13.3. The fourth-order valence-corrected chi connectivity index (χ4v) is 4.04. The van der Waals surface area contributed by atoms with E-state index in [0.717, 1.165) is 42.7 Å². The van der Waals surface area contributed by atoms with Gasteiger partial charge in [0, 0.05) is 43.2 Å². The van der Waals surface area contributed by atoms with Crippen molar-refractivity contribution < 1.29 is 4.79 Å². The highest BCUT2D eigenvalue weighted by Gasteiger charge is 2.46. The van der Waals surface area contributed by atoms with E-state index in [1.807, 2.05) is 53.4 Å². The van der Waals surface area contributed by atoms with Crippen molar-refractivity contribution in [1.82, 2.24) is 9.80 Å². The van der Waals surface area contributed by atoms with E-state index in [1.165, 1.54) is 0 Å². The SMILES string of the molecule is CN1CCC2(CC1)Nc1ccccc1C(=O)N2Cc1ccccc1Cl. The van der Waals surface area contributed by atoms with Gasteiger partial charge in [-0.2, -0.15) is 0 Å². The van der Waals surface area contributed by atoms with Gasteiger partial charge >= 0.3 is 0 Å². The van der Waals surface area contributed by atoms with E-state index in [4.69, 9.17) is 11.6 Å². The normalized spacial score (nSPS) is 19.6. The zero-order valence-electron chi connectivity index (χ0n) is 14.3. The molecule has 2 aliphatic heterocycles. The van der Waals surface area contributed by atoms with Crippen LogP contribution in [0, 0.1) is 0 Å². The summed E-state index contributed by atoms with van der Waals surface area (Å²) in [7, 11) is 2.13. The molecule has 0 radical (unpaired) electrons. The zero-order chi connectivity index (χ0) is 17.4. The molecule has 25 heavy (non-hydrogen) atoms. The largest absolute Gasteiger partial charge is 0.362 e. The molecule has 0 unspecified atom stereocenters. The van der Waals surface area contributed by atoms with Crippen LogP contribution in [0.25, 0.3) is 0 Å². The van der Waals surface area contributed by atoms with Gasteiger partial charge in [0.15, 0.2) is 0 Å². The first-order valence-corrected chi connectivity index (χ1v) is 9.08. The maximum Gasteiger partial charge on any atom is 0.258 e. The lowest BCUT2D eigenvalue weighted by atomic mass is 9.89. The molecule has 0 bridgehead atoms. The molecular weight excluding hydrogens is 334 g/mol. The second-order valence-corrected chi connectivity index (χ2v) is 7.40. The van der Waals surface area contributed by atoms with E-state index in [1.54, 1.807) is 0 Å². The molecule has 1 N–H and O–H groups in total. The van der Waals surface area contributed by atoms with E-state index in [0.29, 0.717) is 11.6 Å². The summed E-state index contributed by atoms with van der Waals surface area (Å²) < 4.78 is 0. The van der Waals surface area contributed by atoms with Crippen molar-refractivity contribution in [3.63, 3.8) is 0 Å². The maximum atomic E-state index is 13.3. The average molecular weight is 356 g/mol. The first kappa shape index (κ1) is 16.4. The van der Waals surface area contributed by atoms with Crippen LogP contribution in [0.2, 0.25) is 5.02 Å². The second-order valence-electron chi connectivity index (χ2n) is 6.99. The molecule has 0 atom stereocenters. The van der Waals surface area contributed by atoms with Gasteiger partial charge in [-0.05, 0) is 30.8 Å². The smallest absolute Gasteiger partial charge is 0.258 e. The summed E-state index contributed by atoms with van der Waals surface area (Å²) in [5, 5.41) is 4.39. The molecule has 130 valence electrons. The molecule has 5 heteroatoms. The number of hydrogen-bond donors (Lipinski definition) is 1. The number of fused-ring (bicyclic) bond motifs is 1. The number of likely N-dealkylation sites (tertiary alicyclic amines) is 1. The third-order valence-corrected chi connectivity index (χ3v) is 5.76. The van der Waals surface area contributed by atoms with Crippen molar-refractivity contribution in [2.45, 2.75) is 25.0 Å². The van der Waals surface area contributed by atoms with Gasteiger partial charge in [-0.25, -0.2) is 0 Å². The number of carbonyl (C=O) groups excluding carboxylic acids is 1. The highest BCUT2D eigenvalue weighted by atomic mass is 35.5. The van der Waals surface area contributed by atoms with E-state index < -0.39 is 0 Å². The van der Waals surface area contributed by atoms with Crippen LogP contribution < -0.4 is 5.32 Å². The Balaban J connectivity index is 1.75. The molecule has 2 aromatic rings. The number of halogens is 1. The molecule has 1 saturated heterocycles. The van der Waals surface area contributed by atoms with Crippen LogP contribution in [0.3, 0.4) is 0 Å². The van der Waals surface area contributed by atoms with Crippen molar-refractivity contribution in [2.24, 2.45) is 0 Å². The Labute approximate surface area is 153 Å². The Kier molecular flexibility index (Phi) is 4.18. The lowest BCUT2D eigenvalue weighted by molar-refractivity contribution is 0.0270. The van der Waals surface area contributed by atoms with Gasteiger partial charge in [0.1, 0.15) is 5.66 Å². The van der Waals surface area contributed by atoms with Crippen LogP contribution in [-0.2, 0) is 6.54 Å². The van der Waals surface area contributed by atoms with Gasteiger partial charge < -0.3 is 15.1 Å². The Morgan fingerprint density at radius 1 is 1.08 bits per heavy atom. The molecule has 4 nitrogen and oxygen atoms in total. The predicted octanol–water partition coefficient (Wildman–Crippen LogP) is 3.83. The summed E-state index contributed by atoms with van der Waals surface area (Å²) in [6, 6.07) is 15.6. The van der Waals surface area contributed by atoms with E-state index >= 15 is 0 Å². The topological polar surface area (TPSA) is 35.6 Å². The first-order valence-electron chi connectivity index (χ1n) is 8.70. The fraction of sp³-hybridized carbons (Fsp3) is 0.350. The molecule has 2 heterocycles. The minimum absolute atomic E-state index is 0.0822. The first-order chi connectivity index (χ1) is 12.1. The number of carbonyl (C=O) groups is 1. The number of amides is 1. The number of piperidine rings is 1. The molecule has 4 rings (SSSR count). The van der Waals surface area contributed by atoms with Crippen LogP contribution in [0.5, 0.6) is 0 Å². The van der Waals surface area contributed by atoms with E-state index in [2.05, 4.69) is 17.3 Å². The van der Waals surface area contributed by atoms with Crippen molar-refractivity contribution in [3.05, 3.63) is 64.7 Å². The van der Waals surface area contributed by atoms with Crippen LogP contribution in [0.15, 0.2) is 48.5 Å². The highest BCUT2D eigenvalue weighted by molar-refractivity contribution is 6.31. The Morgan fingerprint density at radius 3 is 2.52 bits per heavy atom. The van der Waals surface area contributed by atoms with Crippen LogP contribution in [0.4, 0.5) is 5.69 Å². The number of nitrogens with zero attached hydrogens (tertiary/aromatic N) is 2. The summed E-state index contributed by atoms with van der Waals surface area (Å²) in [6.07, 6.45) is 1.79. The van der Waals surface area contributed by atoms with Gasteiger partial charge in [-0.3, -0.25) is 4.79 Å². The molecule has 0 aliphatic carbocycles. The van der Waals surface area contributed by atoms with Crippen molar-refractivity contribution in [2.75, 3.05) is 25.5 Å². The number of hydrogen-bond acceptors (Lipinski definition) is 3. The number of anilines is 1. The number of rotatable bonds is 2. The molecule has 1 spiro atoms. The Bertz CT molecular complexity index is 799. The van der Waals surface area contributed by atoms with Gasteiger partial charge in [-0.15, -0.1) is 0 Å². The van der Waals surface area contributed by atoms with E-state index in [-0.39, 0.29) is 11.6 Å². The standard InChI is InChI=1S/C20H22ClN3O/c1-23-12-10-20(11-13-23)22-18-9-5-3-7-16(18)19(25)24(20)14-15-6-2-4-8-17(15)21/h2-9,22H,10-14H2,1H3. The molecule has 2 aliphatic rings. The quantitative estimate of drug-likeness (QED) is 0.889. The number of nitrogens with one attached hydrogen (secondary N) is 1. The lowest BCUT2D eigenvalue weighted by Crippen LogP contribution is -2.63. The summed E-state index contributed by atoms with van der Waals surface area (Å²) >= 11 is 6.38. The van der Waals surface area contributed by atoms with Gasteiger partial charge in [-0.1, -0.05) is 41.9 Å². The zero-order valence-corrected chi connectivity index (χ0v) is 15.1. The second kappa shape index (κ2) is 6.36. The number of para-hydroxylation sites is 1. The van der Waals surface area contributed by atoms with Crippen LogP contribution >= 0.6 is 11.6 Å². The summed E-state index contributed by atoms with van der Waals surface area (Å²) in [4.78, 5) is 17.6. The van der Waals surface area contributed by atoms with Crippen molar-refractivity contribution in [3.8, 4) is 0 Å². The molecule has 1 amide bonds. The fourth-order valence-electron chi connectivity index (χ4n) is 3.84. The molecule has 2 aromatic carbocycles. The molecule has 0 aromatic heterocycles. The minimum Gasteiger partial charge on any atom is -0.362 e. The minimum atomic E-state index is -0.350. The summed E-state index contributed by atoms with van der Waals surface area (Å²) in [6.45, 7) is 2.44. The highest BCUT2D eigenvalue weighted by Crippen LogP contribution is 2.39. The van der Waals surface area contributed by atoms with Gasteiger partial charge in [0.05, 0.1) is 5.56 Å². The van der Waals surface area contributed by atoms with Crippen LogP contribution in [0.1, 0.15) is 28.8 Å². The van der Waals surface area contributed by atoms with Crippen molar-refractivity contribution in [1.29, 1.82) is 0 Å². The lowest BCUT2D eigenvalue weighted by Gasteiger charge is -2.52. The average Bonchev–Trinajstić information content (AvgIpc) is 2.63. The third kappa shape index (κ3) is 2.90. The Hall–Kier alpha value is -2.04. The number of benzene rings is 2. The molecule has 1 fully saturated rings. The summed E-state index contributed by atoms with van der Waals surface area (Å²) in [5.74, 6) is 0.0822. The van der Waals surface area contributed by atoms with Crippen LogP contribution in [-0.4, -0.2) is 41.5 Å².